The molecule has 0 aliphatic carbocycles. The van der Waals surface area contributed by atoms with Crippen molar-refractivity contribution in [2.24, 2.45) is 5.41 Å². The molecule has 4 heteroatoms. The minimum atomic E-state index is -0.184. The third kappa shape index (κ3) is 2.97. The Balaban J connectivity index is 2.19. The summed E-state index contributed by atoms with van der Waals surface area (Å²) in [6, 6.07) is 4.73. The monoisotopic (exact) mass is 257 g/mol. The summed E-state index contributed by atoms with van der Waals surface area (Å²) in [5, 5.41) is 3.75. The molecular formula is C13H17ClFNO. The largest absolute Gasteiger partial charge is 0.381 e. The molecule has 17 heavy (non-hydrogen) atoms. The molecule has 1 unspecified atom stereocenters. The third-order valence-corrected chi connectivity index (χ3v) is 3.55. The van der Waals surface area contributed by atoms with Gasteiger partial charge in [0.05, 0.1) is 6.61 Å². The van der Waals surface area contributed by atoms with E-state index < -0.39 is 0 Å². The first-order chi connectivity index (χ1) is 8.15. The van der Waals surface area contributed by atoms with Gasteiger partial charge in [-0.25, -0.2) is 4.39 Å². The second-order valence-electron chi connectivity index (χ2n) is 4.75. The van der Waals surface area contributed by atoms with Crippen LogP contribution in [0.15, 0.2) is 18.2 Å². The van der Waals surface area contributed by atoms with E-state index in [9.17, 15) is 4.39 Å². The average Bonchev–Trinajstić information content (AvgIpc) is 2.73. The standard InChI is InChI=1S/C13H17ClFNO/c1-16-8-13(4-5-17-9-13)7-10-6-11(14)2-3-12(10)15/h2-3,6,16H,4-5,7-9H2,1H3. The molecule has 2 rings (SSSR count). The Bertz CT molecular complexity index is 391. The van der Waals surface area contributed by atoms with Crippen LogP contribution in [0.2, 0.25) is 5.02 Å². The van der Waals surface area contributed by atoms with Gasteiger partial charge < -0.3 is 10.1 Å². The molecular weight excluding hydrogens is 241 g/mol. The highest BCUT2D eigenvalue weighted by Gasteiger charge is 2.35. The summed E-state index contributed by atoms with van der Waals surface area (Å²) in [5.41, 5.74) is 0.679. The van der Waals surface area contributed by atoms with E-state index >= 15 is 0 Å². The van der Waals surface area contributed by atoms with Crippen LogP contribution >= 0.6 is 11.6 Å². The molecule has 1 N–H and O–H groups in total. The molecule has 0 aromatic heterocycles. The van der Waals surface area contributed by atoms with Crippen LogP contribution in [0.1, 0.15) is 12.0 Å². The van der Waals surface area contributed by atoms with Crippen molar-refractivity contribution >= 4 is 11.6 Å². The topological polar surface area (TPSA) is 21.3 Å². The summed E-state index contributed by atoms with van der Waals surface area (Å²) in [7, 11) is 1.91. The number of benzene rings is 1. The van der Waals surface area contributed by atoms with E-state index in [0.717, 1.165) is 19.6 Å². The Morgan fingerprint density at radius 1 is 1.53 bits per heavy atom. The second kappa shape index (κ2) is 5.34. The lowest BCUT2D eigenvalue weighted by molar-refractivity contribution is 0.150. The highest BCUT2D eigenvalue weighted by atomic mass is 35.5. The minimum Gasteiger partial charge on any atom is -0.381 e. The fourth-order valence-electron chi connectivity index (χ4n) is 2.45. The highest BCUT2D eigenvalue weighted by Crippen LogP contribution is 2.33. The number of rotatable bonds is 4. The molecule has 0 saturated carbocycles. The van der Waals surface area contributed by atoms with E-state index in [2.05, 4.69) is 5.32 Å². The van der Waals surface area contributed by atoms with Gasteiger partial charge in [-0.15, -0.1) is 0 Å². The first-order valence-corrected chi connectivity index (χ1v) is 6.19. The quantitative estimate of drug-likeness (QED) is 0.895. The number of ether oxygens (including phenoxy) is 1. The summed E-state index contributed by atoms with van der Waals surface area (Å²) in [4.78, 5) is 0. The summed E-state index contributed by atoms with van der Waals surface area (Å²) in [6.45, 7) is 2.27. The van der Waals surface area contributed by atoms with Gasteiger partial charge in [-0.05, 0) is 43.7 Å². The first kappa shape index (κ1) is 12.8. The van der Waals surface area contributed by atoms with Gasteiger partial charge in [0.2, 0.25) is 0 Å². The van der Waals surface area contributed by atoms with E-state index in [4.69, 9.17) is 16.3 Å². The maximum atomic E-state index is 13.7. The van der Waals surface area contributed by atoms with Crippen molar-refractivity contribution in [2.75, 3.05) is 26.8 Å². The predicted octanol–water partition coefficient (Wildman–Crippen LogP) is 2.65. The van der Waals surface area contributed by atoms with Crippen molar-refractivity contribution in [1.29, 1.82) is 0 Å². The number of hydrogen-bond donors (Lipinski definition) is 1. The van der Waals surface area contributed by atoms with Crippen molar-refractivity contribution in [1.82, 2.24) is 5.32 Å². The Morgan fingerprint density at radius 2 is 2.35 bits per heavy atom. The van der Waals surface area contributed by atoms with Crippen molar-refractivity contribution in [3.05, 3.63) is 34.6 Å². The van der Waals surface area contributed by atoms with E-state index in [1.807, 2.05) is 7.05 Å². The normalized spacial score (nSPS) is 24.2. The minimum absolute atomic E-state index is 0.000270. The lowest BCUT2D eigenvalue weighted by atomic mass is 9.81. The van der Waals surface area contributed by atoms with Crippen LogP contribution in [0, 0.1) is 11.2 Å². The Hall–Kier alpha value is -0.640. The lowest BCUT2D eigenvalue weighted by Gasteiger charge is -2.27. The molecule has 1 aromatic rings. The maximum absolute atomic E-state index is 13.7. The lowest BCUT2D eigenvalue weighted by Crippen LogP contribution is -2.35. The van der Waals surface area contributed by atoms with Gasteiger partial charge in [0.1, 0.15) is 5.82 Å². The number of halogens is 2. The van der Waals surface area contributed by atoms with Gasteiger partial charge in [0.15, 0.2) is 0 Å². The zero-order valence-electron chi connectivity index (χ0n) is 9.93. The molecule has 94 valence electrons. The molecule has 2 nitrogen and oxygen atoms in total. The molecule has 1 saturated heterocycles. The van der Waals surface area contributed by atoms with Crippen molar-refractivity contribution in [3.8, 4) is 0 Å². The highest BCUT2D eigenvalue weighted by molar-refractivity contribution is 6.30. The molecule has 0 radical (unpaired) electrons. The van der Waals surface area contributed by atoms with Gasteiger partial charge in [-0.2, -0.15) is 0 Å². The van der Waals surface area contributed by atoms with E-state index in [-0.39, 0.29) is 11.2 Å². The van der Waals surface area contributed by atoms with Crippen LogP contribution in [0.25, 0.3) is 0 Å². The summed E-state index contributed by atoms with van der Waals surface area (Å²) >= 11 is 5.91. The van der Waals surface area contributed by atoms with E-state index in [0.29, 0.717) is 23.6 Å². The molecule has 1 aliphatic heterocycles. The summed E-state index contributed by atoms with van der Waals surface area (Å²) in [6.07, 6.45) is 1.63. The zero-order chi connectivity index (χ0) is 12.3. The predicted molar refractivity (Wildman–Crippen MR) is 66.9 cm³/mol. The Labute approximate surface area is 106 Å². The first-order valence-electron chi connectivity index (χ1n) is 5.81. The molecule has 1 atom stereocenters. The van der Waals surface area contributed by atoms with Crippen LogP contribution < -0.4 is 5.32 Å². The van der Waals surface area contributed by atoms with Crippen LogP contribution in [0.4, 0.5) is 4.39 Å². The smallest absolute Gasteiger partial charge is 0.126 e. The van der Waals surface area contributed by atoms with Gasteiger partial charge >= 0.3 is 0 Å². The van der Waals surface area contributed by atoms with Crippen LogP contribution in [0.3, 0.4) is 0 Å². The van der Waals surface area contributed by atoms with Crippen LogP contribution in [-0.4, -0.2) is 26.8 Å². The molecule has 1 fully saturated rings. The summed E-state index contributed by atoms with van der Waals surface area (Å²) < 4.78 is 19.2. The second-order valence-corrected chi connectivity index (χ2v) is 5.18. The van der Waals surface area contributed by atoms with Gasteiger partial charge in [-0.3, -0.25) is 0 Å². The van der Waals surface area contributed by atoms with Gasteiger partial charge in [0, 0.05) is 23.6 Å². The third-order valence-electron chi connectivity index (χ3n) is 3.31. The van der Waals surface area contributed by atoms with Gasteiger partial charge in [0.25, 0.3) is 0 Å². The average molecular weight is 258 g/mol. The number of hydrogen-bond acceptors (Lipinski definition) is 2. The molecule has 1 heterocycles. The van der Waals surface area contributed by atoms with E-state index in [1.165, 1.54) is 6.07 Å². The van der Waals surface area contributed by atoms with Crippen LogP contribution in [0.5, 0.6) is 0 Å². The van der Waals surface area contributed by atoms with Crippen molar-refractivity contribution in [3.63, 3.8) is 0 Å². The van der Waals surface area contributed by atoms with Gasteiger partial charge in [-0.1, -0.05) is 11.6 Å². The molecule has 1 aromatic carbocycles. The molecule has 0 bridgehead atoms. The fourth-order valence-corrected chi connectivity index (χ4v) is 2.64. The van der Waals surface area contributed by atoms with Crippen LogP contribution in [-0.2, 0) is 11.2 Å². The van der Waals surface area contributed by atoms with Crippen molar-refractivity contribution < 1.29 is 9.13 Å². The van der Waals surface area contributed by atoms with E-state index in [1.54, 1.807) is 12.1 Å². The zero-order valence-corrected chi connectivity index (χ0v) is 10.7. The molecule has 0 amide bonds. The van der Waals surface area contributed by atoms with Crippen molar-refractivity contribution in [2.45, 2.75) is 12.8 Å². The maximum Gasteiger partial charge on any atom is 0.126 e. The SMILES string of the molecule is CNCC1(Cc2cc(Cl)ccc2F)CCOC1. The fraction of sp³-hybridized carbons (Fsp3) is 0.538. The summed E-state index contributed by atoms with van der Waals surface area (Å²) in [5.74, 6) is -0.184. The molecule has 1 aliphatic rings. The number of nitrogens with one attached hydrogen (secondary N) is 1. The Kier molecular flexibility index (Phi) is 4.02. The molecule has 0 spiro atoms. The Morgan fingerprint density at radius 3 is 3.00 bits per heavy atom.